The summed E-state index contributed by atoms with van der Waals surface area (Å²) in [6.45, 7) is 3.02. The highest BCUT2D eigenvalue weighted by atomic mass is 32.2. The first-order valence-corrected chi connectivity index (χ1v) is 7.20. The molecule has 4 nitrogen and oxygen atoms in total. The van der Waals surface area contributed by atoms with Crippen LogP contribution in [0.1, 0.15) is 13.3 Å². The SMILES string of the molecule is CSC(C)CC(=O)Nc1ccc(OCCN)cc1. The Bertz CT molecular complexity index is 368. The van der Waals surface area contributed by atoms with Crippen molar-refractivity contribution in [3.05, 3.63) is 24.3 Å². The second-order valence-corrected chi connectivity index (χ2v) is 5.24. The van der Waals surface area contributed by atoms with Crippen LogP contribution in [-0.2, 0) is 4.79 Å². The maximum Gasteiger partial charge on any atom is 0.225 e. The molecule has 0 spiro atoms. The Morgan fingerprint density at radius 3 is 2.67 bits per heavy atom. The van der Waals surface area contributed by atoms with Gasteiger partial charge in [0.1, 0.15) is 12.4 Å². The third-order valence-corrected chi connectivity index (χ3v) is 3.37. The maximum absolute atomic E-state index is 11.7. The lowest BCUT2D eigenvalue weighted by molar-refractivity contribution is -0.116. The molecular weight excluding hydrogens is 248 g/mol. The number of hydrogen-bond donors (Lipinski definition) is 2. The minimum Gasteiger partial charge on any atom is -0.492 e. The number of carbonyl (C=O) groups excluding carboxylic acids is 1. The van der Waals surface area contributed by atoms with E-state index in [-0.39, 0.29) is 5.91 Å². The number of benzene rings is 1. The molecule has 0 aliphatic heterocycles. The molecule has 1 aromatic rings. The topological polar surface area (TPSA) is 64.3 Å². The van der Waals surface area contributed by atoms with Crippen LogP contribution >= 0.6 is 11.8 Å². The van der Waals surface area contributed by atoms with Crippen molar-refractivity contribution < 1.29 is 9.53 Å². The van der Waals surface area contributed by atoms with Gasteiger partial charge in [-0.1, -0.05) is 6.92 Å². The van der Waals surface area contributed by atoms with Crippen molar-refractivity contribution >= 4 is 23.4 Å². The van der Waals surface area contributed by atoms with Gasteiger partial charge in [-0.3, -0.25) is 4.79 Å². The number of nitrogens with two attached hydrogens (primary N) is 1. The van der Waals surface area contributed by atoms with Crippen LogP contribution in [0, 0.1) is 0 Å². The number of rotatable bonds is 7. The summed E-state index contributed by atoms with van der Waals surface area (Å²) in [5.74, 6) is 0.795. The Labute approximate surface area is 112 Å². The maximum atomic E-state index is 11.7. The van der Waals surface area contributed by atoms with E-state index in [9.17, 15) is 4.79 Å². The van der Waals surface area contributed by atoms with E-state index in [4.69, 9.17) is 10.5 Å². The lowest BCUT2D eigenvalue weighted by Gasteiger charge is -2.10. The molecule has 0 aliphatic carbocycles. The van der Waals surface area contributed by atoms with E-state index in [0.717, 1.165) is 11.4 Å². The highest BCUT2D eigenvalue weighted by Crippen LogP contribution is 2.17. The van der Waals surface area contributed by atoms with Crippen LogP contribution < -0.4 is 15.8 Å². The Kier molecular flexibility index (Phi) is 6.60. The van der Waals surface area contributed by atoms with Crippen molar-refractivity contribution in [3.63, 3.8) is 0 Å². The summed E-state index contributed by atoms with van der Waals surface area (Å²) in [6.07, 6.45) is 2.52. The van der Waals surface area contributed by atoms with Gasteiger partial charge < -0.3 is 15.8 Å². The zero-order valence-corrected chi connectivity index (χ0v) is 11.6. The highest BCUT2D eigenvalue weighted by molar-refractivity contribution is 7.99. The van der Waals surface area contributed by atoms with Crippen molar-refractivity contribution in [2.45, 2.75) is 18.6 Å². The zero-order valence-electron chi connectivity index (χ0n) is 10.8. The number of carbonyl (C=O) groups is 1. The molecule has 5 heteroatoms. The Morgan fingerprint density at radius 1 is 1.44 bits per heavy atom. The molecule has 1 unspecified atom stereocenters. The van der Waals surface area contributed by atoms with E-state index in [1.54, 1.807) is 11.8 Å². The molecule has 3 N–H and O–H groups in total. The van der Waals surface area contributed by atoms with E-state index in [0.29, 0.717) is 24.8 Å². The summed E-state index contributed by atoms with van der Waals surface area (Å²) in [4.78, 5) is 11.7. The number of nitrogens with one attached hydrogen (secondary N) is 1. The summed E-state index contributed by atoms with van der Waals surface area (Å²) < 4.78 is 5.36. The molecule has 1 aromatic carbocycles. The number of ether oxygens (including phenoxy) is 1. The van der Waals surface area contributed by atoms with E-state index in [1.165, 1.54) is 0 Å². The minimum atomic E-state index is 0.0347. The highest BCUT2D eigenvalue weighted by Gasteiger charge is 2.07. The Hall–Kier alpha value is -1.20. The van der Waals surface area contributed by atoms with Crippen molar-refractivity contribution in [3.8, 4) is 5.75 Å². The molecule has 1 amide bonds. The van der Waals surface area contributed by atoms with Gasteiger partial charge in [-0.05, 0) is 30.5 Å². The molecule has 18 heavy (non-hydrogen) atoms. The fourth-order valence-corrected chi connectivity index (χ4v) is 1.69. The van der Waals surface area contributed by atoms with Gasteiger partial charge in [0.2, 0.25) is 5.91 Å². The van der Waals surface area contributed by atoms with Crippen LogP contribution in [0.2, 0.25) is 0 Å². The molecule has 1 atom stereocenters. The average Bonchev–Trinajstić information content (AvgIpc) is 2.37. The smallest absolute Gasteiger partial charge is 0.225 e. The van der Waals surface area contributed by atoms with Crippen molar-refractivity contribution in [2.75, 3.05) is 24.7 Å². The lowest BCUT2D eigenvalue weighted by atomic mass is 10.2. The van der Waals surface area contributed by atoms with Gasteiger partial charge >= 0.3 is 0 Å². The van der Waals surface area contributed by atoms with Crippen LogP contribution in [0.25, 0.3) is 0 Å². The average molecular weight is 268 g/mol. The largest absolute Gasteiger partial charge is 0.492 e. The molecule has 0 saturated carbocycles. The van der Waals surface area contributed by atoms with E-state index in [1.807, 2.05) is 37.4 Å². The van der Waals surface area contributed by atoms with Gasteiger partial charge in [-0.2, -0.15) is 11.8 Å². The van der Waals surface area contributed by atoms with Crippen molar-refractivity contribution in [2.24, 2.45) is 5.73 Å². The summed E-state index contributed by atoms with van der Waals surface area (Å²) in [5, 5.41) is 3.19. The normalized spacial score (nSPS) is 11.9. The molecule has 0 aromatic heterocycles. The van der Waals surface area contributed by atoms with E-state index >= 15 is 0 Å². The first-order valence-electron chi connectivity index (χ1n) is 5.91. The zero-order chi connectivity index (χ0) is 13.4. The molecule has 100 valence electrons. The van der Waals surface area contributed by atoms with E-state index < -0.39 is 0 Å². The summed E-state index contributed by atoms with van der Waals surface area (Å²) in [7, 11) is 0. The fourth-order valence-electron chi connectivity index (χ4n) is 1.37. The molecule has 0 saturated heterocycles. The molecule has 0 fully saturated rings. The number of thioether (sulfide) groups is 1. The molecule has 0 aliphatic rings. The summed E-state index contributed by atoms with van der Waals surface area (Å²) in [6, 6.07) is 7.30. The minimum absolute atomic E-state index is 0.0347. The van der Waals surface area contributed by atoms with E-state index in [2.05, 4.69) is 5.32 Å². The van der Waals surface area contributed by atoms with Crippen LogP contribution in [0.15, 0.2) is 24.3 Å². The van der Waals surface area contributed by atoms with Gasteiger partial charge in [0.15, 0.2) is 0 Å². The predicted octanol–water partition coefficient (Wildman–Crippen LogP) is 2.10. The van der Waals surface area contributed by atoms with Gasteiger partial charge in [-0.15, -0.1) is 0 Å². The second-order valence-electron chi connectivity index (χ2n) is 3.96. The lowest BCUT2D eigenvalue weighted by Crippen LogP contribution is -2.16. The van der Waals surface area contributed by atoms with Gasteiger partial charge in [0.05, 0.1) is 0 Å². The third kappa shape index (κ3) is 5.42. The summed E-state index contributed by atoms with van der Waals surface area (Å²) in [5.41, 5.74) is 6.13. The number of amides is 1. The van der Waals surface area contributed by atoms with Gasteiger partial charge in [0, 0.05) is 23.9 Å². The van der Waals surface area contributed by atoms with Gasteiger partial charge in [-0.25, -0.2) is 0 Å². The monoisotopic (exact) mass is 268 g/mol. The molecule has 0 heterocycles. The standard InChI is InChI=1S/C13H20N2O2S/c1-10(18-2)9-13(16)15-11-3-5-12(6-4-11)17-8-7-14/h3-6,10H,7-9,14H2,1-2H3,(H,15,16). The third-order valence-electron chi connectivity index (χ3n) is 2.40. The van der Waals surface area contributed by atoms with Crippen molar-refractivity contribution in [1.29, 1.82) is 0 Å². The molecule has 0 bridgehead atoms. The second kappa shape index (κ2) is 8.00. The fraction of sp³-hybridized carbons (Fsp3) is 0.462. The summed E-state index contributed by atoms with van der Waals surface area (Å²) >= 11 is 1.68. The van der Waals surface area contributed by atoms with Crippen LogP contribution in [0.5, 0.6) is 5.75 Å². The van der Waals surface area contributed by atoms with Crippen LogP contribution in [-0.4, -0.2) is 30.6 Å². The Balaban J connectivity index is 2.45. The first kappa shape index (κ1) is 14.9. The van der Waals surface area contributed by atoms with Gasteiger partial charge in [0.25, 0.3) is 0 Å². The molecule has 1 rings (SSSR count). The predicted molar refractivity (Wildman–Crippen MR) is 77.2 cm³/mol. The Morgan fingerprint density at radius 2 is 2.11 bits per heavy atom. The first-order chi connectivity index (χ1) is 8.65. The molecular formula is C13H20N2O2S. The quantitative estimate of drug-likeness (QED) is 0.795. The number of anilines is 1. The van der Waals surface area contributed by atoms with Crippen LogP contribution in [0.3, 0.4) is 0 Å². The molecule has 0 radical (unpaired) electrons. The van der Waals surface area contributed by atoms with Crippen molar-refractivity contribution in [1.82, 2.24) is 0 Å². The van der Waals surface area contributed by atoms with Crippen LogP contribution in [0.4, 0.5) is 5.69 Å². The number of hydrogen-bond acceptors (Lipinski definition) is 4.